The number of amides is 3. The van der Waals surface area contributed by atoms with E-state index in [1.807, 2.05) is 0 Å². The molecule has 0 atom stereocenters. The zero-order chi connectivity index (χ0) is 19.6. The lowest BCUT2D eigenvalue weighted by Crippen LogP contribution is -2.36. The first-order chi connectivity index (χ1) is 12.8. The Morgan fingerprint density at radius 1 is 1.22 bits per heavy atom. The van der Waals surface area contributed by atoms with Crippen molar-refractivity contribution in [2.75, 3.05) is 11.9 Å². The predicted octanol–water partition coefficient (Wildman–Crippen LogP) is 3.86. The van der Waals surface area contributed by atoms with E-state index >= 15 is 0 Å². The molecule has 0 bridgehead atoms. The van der Waals surface area contributed by atoms with Crippen LogP contribution < -0.4 is 5.32 Å². The number of phenols is 1. The van der Waals surface area contributed by atoms with Crippen LogP contribution in [0.15, 0.2) is 47.4 Å². The quantitative estimate of drug-likeness (QED) is 0.753. The number of phenolic OH excluding ortho intramolecular Hbond substituents is 1. The van der Waals surface area contributed by atoms with Gasteiger partial charge in [0.25, 0.3) is 11.1 Å². The second-order valence-electron chi connectivity index (χ2n) is 5.53. The van der Waals surface area contributed by atoms with Crippen LogP contribution in [0.5, 0.6) is 5.75 Å². The average Bonchev–Trinajstić information content (AvgIpc) is 2.87. The fraction of sp³-hybridized carbons (Fsp3) is 0.0556. The molecule has 0 aromatic heterocycles. The monoisotopic (exact) mass is 406 g/mol. The van der Waals surface area contributed by atoms with E-state index in [9.17, 15) is 23.9 Å². The fourth-order valence-electron chi connectivity index (χ4n) is 2.30. The Balaban J connectivity index is 1.72. The van der Waals surface area contributed by atoms with Gasteiger partial charge in [-0.15, -0.1) is 0 Å². The molecule has 1 aliphatic rings. The van der Waals surface area contributed by atoms with Gasteiger partial charge in [0.2, 0.25) is 5.91 Å². The molecular formula is C18H12ClFN2O4S. The lowest BCUT2D eigenvalue weighted by Gasteiger charge is -2.12. The van der Waals surface area contributed by atoms with Gasteiger partial charge >= 0.3 is 0 Å². The lowest BCUT2D eigenvalue weighted by atomic mass is 10.2. The third-order valence-electron chi connectivity index (χ3n) is 3.58. The first-order valence-electron chi connectivity index (χ1n) is 7.63. The molecule has 0 radical (unpaired) electrons. The highest BCUT2D eigenvalue weighted by Crippen LogP contribution is 2.34. The van der Waals surface area contributed by atoms with Gasteiger partial charge in [-0.3, -0.25) is 19.3 Å². The number of hydrogen-bond donors (Lipinski definition) is 2. The van der Waals surface area contributed by atoms with E-state index < -0.39 is 29.4 Å². The number of halogens is 2. The van der Waals surface area contributed by atoms with Gasteiger partial charge < -0.3 is 10.4 Å². The molecule has 3 amide bonds. The minimum atomic E-state index is -0.654. The molecule has 1 heterocycles. The van der Waals surface area contributed by atoms with Gasteiger partial charge in [-0.25, -0.2) is 4.39 Å². The molecule has 138 valence electrons. The Morgan fingerprint density at radius 3 is 2.63 bits per heavy atom. The van der Waals surface area contributed by atoms with Crippen LogP contribution >= 0.6 is 23.4 Å². The number of aromatic hydroxyl groups is 1. The topological polar surface area (TPSA) is 86.7 Å². The second-order valence-corrected chi connectivity index (χ2v) is 6.96. The van der Waals surface area contributed by atoms with Crippen LogP contribution in [0.1, 0.15) is 5.56 Å². The minimum Gasteiger partial charge on any atom is -0.507 e. The maximum atomic E-state index is 12.9. The number of nitrogens with one attached hydrogen (secondary N) is 1. The smallest absolute Gasteiger partial charge is 0.294 e. The van der Waals surface area contributed by atoms with E-state index in [1.165, 1.54) is 48.5 Å². The predicted molar refractivity (Wildman–Crippen MR) is 101 cm³/mol. The fourth-order valence-corrected chi connectivity index (χ4v) is 3.31. The van der Waals surface area contributed by atoms with Gasteiger partial charge in [0.1, 0.15) is 18.1 Å². The van der Waals surface area contributed by atoms with Crippen LogP contribution in [0.3, 0.4) is 0 Å². The minimum absolute atomic E-state index is 0.0622. The van der Waals surface area contributed by atoms with Gasteiger partial charge in [-0.05, 0) is 60.3 Å². The zero-order valence-corrected chi connectivity index (χ0v) is 15.2. The van der Waals surface area contributed by atoms with Crippen molar-refractivity contribution in [3.63, 3.8) is 0 Å². The molecule has 2 N–H and O–H groups in total. The molecule has 0 saturated carbocycles. The average molecular weight is 407 g/mol. The number of benzene rings is 2. The normalized spacial score (nSPS) is 15.5. The summed E-state index contributed by atoms with van der Waals surface area (Å²) in [6.07, 6.45) is 1.34. The molecule has 6 nitrogen and oxygen atoms in total. The van der Waals surface area contributed by atoms with E-state index in [2.05, 4.69) is 5.32 Å². The molecule has 1 aliphatic heterocycles. The highest BCUT2D eigenvalue weighted by Gasteiger charge is 2.36. The Kier molecular flexibility index (Phi) is 5.48. The van der Waals surface area contributed by atoms with Crippen LogP contribution in [0, 0.1) is 5.82 Å². The van der Waals surface area contributed by atoms with Gasteiger partial charge in [0, 0.05) is 16.3 Å². The molecule has 0 unspecified atom stereocenters. The van der Waals surface area contributed by atoms with Crippen molar-refractivity contribution in [2.45, 2.75) is 0 Å². The summed E-state index contributed by atoms with van der Waals surface area (Å²) in [6, 6.07) is 9.39. The van der Waals surface area contributed by atoms with E-state index in [0.29, 0.717) is 22.5 Å². The Labute approximate surface area is 162 Å². The highest BCUT2D eigenvalue weighted by molar-refractivity contribution is 8.18. The molecule has 1 saturated heterocycles. The summed E-state index contributed by atoms with van der Waals surface area (Å²) in [5, 5.41) is 12.1. The third kappa shape index (κ3) is 4.47. The molecule has 2 aromatic carbocycles. The number of thioether (sulfide) groups is 1. The summed E-state index contributed by atoms with van der Waals surface area (Å²) in [6.45, 7) is -0.485. The first kappa shape index (κ1) is 18.9. The molecule has 2 aromatic rings. The summed E-state index contributed by atoms with van der Waals surface area (Å²) in [5.74, 6) is -1.80. The number of carbonyl (C=O) groups is 3. The van der Waals surface area contributed by atoms with Crippen molar-refractivity contribution in [1.82, 2.24) is 4.90 Å². The van der Waals surface area contributed by atoms with Crippen LogP contribution in [-0.2, 0) is 9.59 Å². The summed E-state index contributed by atoms with van der Waals surface area (Å²) in [7, 11) is 0. The molecule has 27 heavy (non-hydrogen) atoms. The van der Waals surface area contributed by atoms with Crippen molar-refractivity contribution < 1.29 is 23.9 Å². The van der Waals surface area contributed by atoms with E-state index in [0.717, 1.165) is 4.90 Å². The molecule has 1 fully saturated rings. The van der Waals surface area contributed by atoms with Crippen molar-refractivity contribution >= 4 is 52.2 Å². The van der Waals surface area contributed by atoms with Crippen molar-refractivity contribution in [2.24, 2.45) is 0 Å². The summed E-state index contributed by atoms with van der Waals surface area (Å²) >= 11 is 6.52. The summed E-state index contributed by atoms with van der Waals surface area (Å²) in [5.41, 5.74) is 0.622. The SMILES string of the molecule is O=C(CN1C(=O)S/C(=C\c2cc(Cl)ccc2O)C1=O)Nc1ccc(F)cc1. The van der Waals surface area contributed by atoms with E-state index in [-0.39, 0.29) is 16.2 Å². The van der Waals surface area contributed by atoms with Gasteiger partial charge in [0.05, 0.1) is 4.91 Å². The number of nitrogens with zero attached hydrogens (tertiary/aromatic N) is 1. The number of hydrogen-bond acceptors (Lipinski definition) is 5. The molecular weight excluding hydrogens is 395 g/mol. The van der Waals surface area contributed by atoms with Crippen molar-refractivity contribution in [1.29, 1.82) is 0 Å². The lowest BCUT2D eigenvalue weighted by molar-refractivity contribution is -0.127. The van der Waals surface area contributed by atoms with Gasteiger partial charge in [-0.2, -0.15) is 0 Å². The first-order valence-corrected chi connectivity index (χ1v) is 8.82. The maximum absolute atomic E-state index is 12.9. The zero-order valence-electron chi connectivity index (χ0n) is 13.6. The van der Waals surface area contributed by atoms with E-state index in [4.69, 9.17) is 11.6 Å². The number of imide groups is 1. The Hall–Kier alpha value is -2.84. The molecule has 0 spiro atoms. The number of anilines is 1. The van der Waals surface area contributed by atoms with Crippen LogP contribution in [-0.4, -0.2) is 33.6 Å². The largest absolute Gasteiger partial charge is 0.507 e. The molecule has 9 heteroatoms. The number of carbonyl (C=O) groups excluding carboxylic acids is 3. The highest BCUT2D eigenvalue weighted by atomic mass is 35.5. The van der Waals surface area contributed by atoms with E-state index in [1.54, 1.807) is 0 Å². The third-order valence-corrected chi connectivity index (χ3v) is 4.72. The molecule has 3 rings (SSSR count). The maximum Gasteiger partial charge on any atom is 0.294 e. The molecule has 0 aliphatic carbocycles. The van der Waals surface area contributed by atoms with Gasteiger partial charge in [-0.1, -0.05) is 11.6 Å². The summed E-state index contributed by atoms with van der Waals surface area (Å²) < 4.78 is 12.9. The van der Waals surface area contributed by atoms with Crippen LogP contribution in [0.25, 0.3) is 6.08 Å². The van der Waals surface area contributed by atoms with Gasteiger partial charge in [0.15, 0.2) is 0 Å². The Morgan fingerprint density at radius 2 is 1.93 bits per heavy atom. The van der Waals surface area contributed by atoms with Crippen LogP contribution in [0.2, 0.25) is 5.02 Å². The summed E-state index contributed by atoms with van der Waals surface area (Å²) in [4.78, 5) is 37.4. The van der Waals surface area contributed by atoms with Crippen molar-refractivity contribution in [3.8, 4) is 5.75 Å². The standard InChI is InChI=1S/C18H12ClFN2O4S/c19-11-1-6-14(23)10(7-11)8-15-17(25)22(18(26)27-15)9-16(24)21-13-4-2-12(20)3-5-13/h1-8,23H,9H2,(H,21,24)/b15-8-. The second kappa shape index (κ2) is 7.81. The Bertz CT molecular complexity index is 962. The van der Waals surface area contributed by atoms with Crippen LogP contribution in [0.4, 0.5) is 14.9 Å². The van der Waals surface area contributed by atoms with Crippen molar-refractivity contribution in [3.05, 3.63) is 63.8 Å². The number of rotatable bonds is 4.